The molecule has 26 heavy (non-hydrogen) atoms. The summed E-state index contributed by atoms with van der Waals surface area (Å²) in [6.45, 7) is 2.23. The first kappa shape index (κ1) is 20.4. The highest BCUT2D eigenvalue weighted by Gasteiger charge is 2.18. The summed E-state index contributed by atoms with van der Waals surface area (Å²) in [7, 11) is 0. The van der Waals surface area contributed by atoms with E-state index in [0.717, 1.165) is 5.92 Å². The van der Waals surface area contributed by atoms with Crippen LogP contribution in [0.2, 0.25) is 0 Å². The van der Waals surface area contributed by atoms with Gasteiger partial charge in [0.05, 0.1) is 0 Å². The summed E-state index contributed by atoms with van der Waals surface area (Å²) in [6.07, 6.45) is 17.5. The van der Waals surface area contributed by atoms with Gasteiger partial charge < -0.3 is 0 Å². The summed E-state index contributed by atoms with van der Waals surface area (Å²) in [6, 6.07) is 10.7. The zero-order chi connectivity index (χ0) is 18.6. The largest absolute Gasteiger partial charge is 0.199 e. The van der Waals surface area contributed by atoms with Gasteiger partial charge in [-0.3, -0.25) is 0 Å². The molecule has 0 bridgehead atoms. The minimum atomic E-state index is -0.713. The van der Waals surface area contributed by atoms with Crippen LogP contribution in [0.4, 0.5) is 4.39 Å². The van der Waals surface area contributed by atoms with E-state index in [1.807, 2.05) is 0 Å². The number of nitriles is 1. The Morgan fingerprint density at radius 3 is 2.35 bits per heavy atom. The summed E-state index contributed by atoms with van der Waals surface area (Å²) >= 11 is 0. The van der Waals surface area contributed by atoms with E-state index in [4.69, 9.17) is 5.26 Å². The van der Waals surface area contributed by atoms with Gasteiger partial charge in [0.25, 0.3) is 0 Å². The molecule has 0 radical (unpaired) electrons. The van der Waals surface area contributed by atoms with Crippen molar-refractivity contribution < 1.29 is 4.39 Å². The maximum atomic E-state index is 12.7. The van der Waals surface area contributed by atoms with Crippen molar-refractivity contribution in [1.82, 2.24) is 0 Å². The Morgan fingerprint density at radius 1 is 1.08 bits per heavy atom. The van der Waals surface area contributed by atoms with Crippen LogP contribution in [-0.2, 0) is 12.8 Å². The number of benzene rings is 1. The fourth-order valence-electron chi connectivity index (χ4n) is 3.93. The molecule has 0 aliphatic heterocycles. The van der Waals surface area contributed by atoms with Crippen molar-refractivity contribution >= 4 is 0 Å². The standard InChI is InChI=1S/C24H32FN/c1-2-6-20-11-13-21(14-12-20)7-3-4-8-22-15-17-23(18-16-22)9-5-10-24(25)19-26/h5,9-14,22-23H,2-4,6-8,15-18H2,1H3. The molecule has 0 N–H and O–H groups in total. The molecule has 2 heteroatoms. The fraction of sp³-hybridized carbons (Fsp3) is 0.542. The predicted molar refractivity (Wildman–Crippen MR) is 107 cm³/mol. The molecular formula is C24H32FN. The second kappa shape index (κ2) is 11.7. The van der Waals surface area contributed by atoms with Crippen molar-refractivity contribution in [2.45, 2.75) is 71.1 Å². The molecule has 1 nitrogen and oxygen atoms in total. The van der Waals surface area contributed by atoms with E-state index in [-0.39, 0.29) is 0 Å². The Morgan fingerprint density at radius 2 is 1.73 bits per heavy atom. The lowest BCUT2D eigenvalue weighted by Gasteiger charge is -2.26. The molecule has 2 rings (SSSR count). The molecule has 0 unspecified atom stereocenters. The van der Waals surface area contributed by atoms with Crippen molar-refractivity contribution in [3.8, 4) is 6.07 Å². The molecule has 1 aromatic rings. The van der Waals surface area contributed by atoms with Gasteiger partial charge in [0.15, 0.2) is 5.83 Å². The van der Waals surface area contributed by atoms with Crippen molar-refractivity contribution in [2.75, 3.05) is 0 Å². The zero-order valence-corrected chi connectivity index (χ0v) is 16.1. The van der Waals surface area contributed by atoms with Gasteiger partial charge in [-0.1, -0.05) is 62.6 Å². The number of aryl methyl sites for hydroxylation is 2. The van der Waals surface area contributed by atoms with E-state index >= 15 is 0 Å². The topological polar surface area (TPSA) is 23.8 Å². The van der Waals surface area contributed by atoms with Crippen molar-refractivity contribution in [1.29, 1.82) is 5.26 Å². The minimum Gasteiger partial charge on any atom is -0.195 e. The number of unbranched alkanes of at least 4 members (excludes halogenated alkanes) is 1. The van der Waals surface area contributed by atoms with Crippen LogP contribution in [0.3, 0.4) is 0 Å². The fourth-order valence-corrected chi connectivity index (χ4v) is 3.93. The molecule has 1 aromatic carbocycles. The van der Waals surface area contributed by atoms with Crippen LogP contribution >= 0.6 is 0 Å². The molecule has 0 aromatic heterocycles. The predicted octanol–water partition coefficient (Wildman–Crippen LogP) is 7.09. The van der Waals surface area contributed by atoms with Crippen molar-refractivity contribution in [2.24, 2.45) is 11.8 Å². The van der Waals surface area contributed by atoms with Gasteiger partial charge in [-0.2, -0.15) is 9.65 Å². The third-order valence-electron chi connectivity index (χ3n) is 5.51. The summed E-state index contributed by atoms with van der Waals surface area (Å²) in [5.41, 5.74) is 2.92. The lowest BCUT2D eigenvalue weighted by molar-refractivity contribution is 0.289. The van der Waals surface area contributed by atoms with Gasteiger partial charge in [-0.15, -0.1) is 0 Å². The van der Waals surface area contributed by atoms with Gasteiger partial charge in [-0.05, 0) is 74.0 Å². The summed E-state index contributed by atoms with van der Waals surface area (Å²) in [5.74, 6) is 0.698. The second-order valence-corrected chi connectivity index (χ2v) is 7.60. The molecule has 1 saturated carbocycles. The highest BCUT2D eigenvalue weighted by atomic mass is 19.1. The lowest BCUT2D eigenvalue weighted by Crippen LogP contribution is -2.13. The number of hydrogen-bond acceptors (Lipinski definition) is 1. The first-order valence-corrected chi connectivity index (χ1v) is 10.2. The average molecular weight is 354 g/mol. The Hall–Kier alpha value is -1.88. The van der Waals surface area contributed by atoms with Crippen LogP contribution in [0.1, 0.15) is 69.4 Å². The van der Waals surface area contributed by atoms with Crippen molar-refractivity contribution in [3.63, 3.8) is 0 Å². The Labute approximate surface area is 158 Å². The van der Waals surface area contributed by atoms with Crippen LogP contribution in [0.15, 0.2) is 48.3 Å². The highest BCUT2D eigenvalue weighted by molar-refractivity contribution is 5.22. The summed E-state index contributed by atoms with van der Waals surface area (Å²) in [5, 5.41) is 8.39. The Balaban J connectivity index is 1.59. The monoisotopic (exact) mass is 353 g/mol. The van der Waals surface area contributed by atoms with Crippen LogP contribution in [-0.4, -0.2) is 0 Å². The maximum Gasteiger partial charge on any atom is 0.199 e. The zero-order valence-electron chi connectivity index (χ0n) is 16.1. The number of hydrogen-bond donors (Lipinski definition) is 0. The Kier molecular flexibility index (Phi) is 9.18. The van der Waals surface area contributed by atoms with E-state index < -0.39 is 5.83 Å². The quantitative estimate of drug-likeness (QED) is 0.264. The van der Waals surface area contributed by atoms with E-state index in [2.05, 4.69) is 37.3 Å². The van der Waals surface area contributed by atoms with E-state index in [9.17, 15) is 4.39 Å². The minimum absolute atomic E-state index is 0.552. The average Bonchev–Trinajstić information content (AvgIpc) is 2.67. The smallest absolute Gasteiger partial charge is 0.195 e. The SMILES string of the molecule is CCCc1ccc(CCCCC2CCC(C=CC=C(F)C#N)CC2)cc1. The van der Waals surface area contributed by atoms with E-state index in [0.29, 0.717) is 5.92 Å². The molecule has 1 fully saturated rings. The molecule has 0 saturated heterocycles. The van der Waals surface area contributed by atoms with Gasteiger partial charge >= 0.3 is 0 Å². The summed E-state index contributed by atoms with van der Waals surface area (Å²) < 4.78 is 12.7. The third-order valence-corrected chi connectivity index (χ3v) is 5.51. The lowest BCUT2D eigenvalue weighted by atomic mass is 9.79. The third kappa shape index (κ3) is 7.56. The molecule has 140 valence electrons. The van der Waals surface area contributed by atoms with Gasteiger partial charge in [-0.25, -0.2) is 0 Å². The van der Waals surface area contributed by atoms with Crippen LogP contribution < -0.4 is 0 Å². The number of rotatable bonds is 9. The molecule has 0 amide bonds. The first-order chi connectivity index (χ1) is 12.7. The van der Waals surface area contributed by atoms with E-state index in [1.54, 1.807) is 6.08 Å². The number of allylic oxidation sites excluding steroid dienone is 4. The van der Waals surface area contributed by atoms with Crippen LogP contribution in [0, 0.1) is 23.2 Å². The number of halogens is 1. The molecule has 0 heterocycles. The normalized spacial score (nSPS) is 21.0. The molecule has 0 atom stereocenters. The van der Waals surface area contributed by atoms with Crippen LogP contribution in [0.25, 0.3) is 0 Å². The first-order valence-electron chi connectivity index (χ1n) is 10.2. The second-order valence-electron chi connectivity index (χ2n) is 7.60. The van der Waals surface area contributed by atoms with Crippen molar-refractivity contribution in [3.05, 3.63) is 59.4 Å². The van der Waals surface area contributed by atoms with Gasteiger partial charge in [0.2, 0.25) is 0 Å². The van der Waals surface area contributed by atoms with Gasteiger partial charge in [0, 0.05) is 0 Å². The van der Waals surface area contributed by atoms with Crippen LogP contribution in [0.5, 0.6) is 0 Å². The molecule has 1 aliphatic rings. The van der Waals surface area contributed by atoms with E-state index in [1.165, 1.54) is 87.5 Å². The number of nitrogens with zero attached hydrogens (tertiary/aromatic N) is 1. The van der Waals surface area contributed by atoms with Gasteiger partial charge in [0.1, 0.15) is 6.07 Å². The maximum absolute atomic E-state index is 12.7. The molecule has 1 aliphatic carbocycles. The molecule has 0 spiro atoms. The Bertz CT molecular complexity index is 613. The molecular weight excluding hydrogens is 321 g/mol. The highest BCUT2D eigenvalue weighted by Crippen LogP contribution is 2.32. The summed E-state index contributed by atoms with van der Waals surface area (Å²) in [4.78, 5) is 0.